The highest BCUT2D eigenvalue weighted by molar-refractivity contribution is 9.10. The van der Waals surface area contributed by atoms with Gasteiger partial charge in [-0.3, -0.25) is 14.9 Å². The summed E-state index contributed by atoms with van der Waals surface area (Å²) >= 11 is 3.47. The average molecular weight is 352 g/mol. The number of carbonyl (C=O) groups is 2. The van der Waals surface area contributed by atoms with Crippen LogP contribution in [0.3, 0.4) is 0 Å². The molecular formula is C17H22BrNO2. The van der Waals surface area contributed by atoms with Gasteiger partial charge in [0.1, 0.15) is 0 Å². The molecule has 1 aromatic rings. The Morgan fingerprint density at radius 3 is 2.71 bits per heavy atom. The molecule has 0 aromatic heterocycles. The zero-order chi connectivity index (χ0) is 15.5. The third-order valence-electron chi connectivity index (χ3n) is 4.56. The van der Waals surface area contributed by atoms with Crippen LogP contribution in [0, 0.1) is 5.41 Å². The summed E-state index contributed by atoms with van der Waals surface area (Å²) in [5.74, 6) is -0.532. The SMILES string of the molecule is CCCCC1(CC)CC(=O)NC(=O)C1c1cccc(Br)c1. The first kappa shape index (κ1) is 16.2. The molecule has 0 aliphatic carbocycles. The quantitative estimate of drug-likeness (QED) is 0.809. The predicted octanol–water partition coefficient (Wildman–Crippen LogP) is 4.17. The maximum Gasteiger partial charge on any atom is 0.234 e. The van der Waals surface area contributed by atoms with Crippen LogP contribution in [0.5, 0.6) is 0 Å². The van der Waals surface area contributed by atoms with Gasteiger partial charge in [-0.1, -0.05) is 54.8 Å². The van der Waals surface area contributed by atoms with E-state index in [0.717, 1.165) is 35.7 Å². The number of carbonyl (C=O) groups excluding carboxylic acids is 2. The first-order valence-electron chi connectivity index (χ1n) is 7.61. The van der Waals surface area contributed by atoms with Gasteiger partial charge < -0.3 is 0 Å². The van der Waals surface area contributed by atoms with Crippen molar-refractivity contribution >= 4 is 27.7 Å². The number of rotatable bonds is 5. The fraction of sp³-hybridized carbons (Fsp3) is 0.529. The largest absolute Gasteiger partial charge is 0.296 e. The molecule has 0 saturated carbocycles. The van der Waals surface area contributed by atoms with Crippen LogP contribution in [-0.4, -0.2) is 11.8 Å². The molecule has 0 radical (unpaired) electrons. The molecule has 114 valence electrons. The van der Waals surface area contributed by atoms with E-state index in [0.29, 0.717) is 6.42 Å². The summed E-state index contributed by atoms with van der Waals surface area (Å²) in [4.78, 5) is 24.4. The first-order valence-corrected chi connectivity index (χ1v) is 8.41. The summed E-state index contributed by atoms with van der Waals surface area (Å²) in [6.07, 6.45) is 4.30. The van der Waals surface area contributed by atoms with Crippen LogP contribution in [0.2, 0.25) is 0 Å². The highest BCUT2D eigenvalue weighted by atomic mass is 79.9. The third-order valence-corrected chi connectivity index (χ3v) is 5.06. The summed E-state index contributed by atoms with van der Waals surface area (Å²) in [6.45, 7) is 4.23. The van der Waals surface area contributed by atoms with Crippen molar-refractivity contribution < 1.29 is 9.59 Å². The number of amides is 2. The fourth-order valence-corrected chi connectivity index (χ4v) is 3.83. The highest BCUT2D eigenvalue weighted by Gasteiger charge is 2.47. The van der Waals surface area contributed by atoms with E-state index in [2.05, 4.69) is 35.1 Å². The van der Waals surface area contributed by atoms with E-state index in [1.807, 2.05) is 24.3 Å². The molecule has 1 aliphatic rings. The molecule has 1 fully saturated rings. The van der Waals surface area contributed by atoms with Gasteiger partial charge in [0.25, 0.3) is 0 Å². The van der Waals surface area contributed by atoms with Crippen molar-refractivity contribution in [1.82, 2.24) is 5.32 Å². The zero-order valence-corrected chi connectivity index (χ0v) is 14.2. The molecule has 0 bridgehead atoms. The Morgan fingerprint density at radius 1 is 1.33 bits per heavy atom. The Hall–Kier alpha value is -1.16. The summed E-state index contributed by atoms with van der Waals surface area (Å²) in [5.41, 5.74) is 0.739. The molecule has 2 amide bonds. The van der Waals surface area contributed by atoms with E-state index in [1.165, 1.54) is 0 Å². The maximum atomic E-state index is 12.5. The maximum absolute atomic E-state index is 12.5. The number of unbranched alkanes of at least 4 members (excludes halogenated alkanes) is 1. The monoisotopic (exact) mass is 351 g/mol. The van der Waals surface area contributed by atoms with Crippen molar-refractivity contribution in [3.8, 4) is 0 Å². The van der Waals surface area contributed by atoms with Crippen LogP contribution in [0.25, 0.3) is 0 Å². The average Bonchev–Trinajstić information content (AvgIpc) is 2.44. The minimum absolute atomic E-state index is 0.135. The summed E-state index contributed by atoms with van der Waals surface area (Å²) in [7, 11) is 0. The molecule has 2 atom stereocenters. The highest BCUT2D eigenvalue weighted by Crippen LogP contribution is 2.48. The molecule has 1 aromatic carbocycles. The fourth-order valence-electron chi connectivity index (χ4n) is 3.41. The third kappa shape index (κ3) is 3.37. The Labute approximate surface area is 134 Å². The molecule has 1 aliphatic heterocycles. The van der Waals surface area contributed by atoms with Crippen molar-refractivity contribution in [2.75, 3.05) is 0 Å². The van der Waals surface area contributed by atoms with Crippen LogP contribution in [0.1, 0.15) is 57.4 Å². The molecule has 1 heterocycles. The first-order chi connectivity index (χ1) is 10.0. The Balaban J connectivity index is 2.45. The zero-order valence-electron chi connectivity index (χ0n) is 12.6. The summed E-state index contributed by atoms with van der Waals surface area (Å²) in [6, 6.07) is 7.88. The number of piperidine rings is 1. The van der Waals surface area contributed by atoms with Gasteiger partial charge in [0.2, 0.25) is 11.8 Å². The number of benzene rings is 1. The minimum atomic E-state index is -0.254. The Bertz CT molecular complexity index is 543. The van der Waals surface area contributed by atoms with Crippen molar-refractivity contribution in [3.63, 3.8) is 0 Å². The van der Waals surface area contributed by atoms with Gasteiger partial charge in [0.05, 0.1) is 5.92 Å². The molecule has 4 heteroatoms. The second-order valence-electron chi connectivity index (χ2n) is 5.90. The molecule has 1 N–H and O–H groups in total. The van der Waals surface area contributed by atoms with E-state index < -0.39 is 0 Å². The summed E-state index contributed by atoms with van der Waals surface area (Å²) < 4.78 is 0.963. The van der Waals surface area contributed by atoms with Crippen LogP contribution in [0.4, 0.5) is 0 Å². The molecule has 21 heavy (non-hydrogen) atoms. The molecule has 2 unspecified atom stereocenters. The molecular weight excluding hydrogens is 330 g/mol. The Morgan fingerprint density at radius 2 is 2.10 bits per heavy atom. The van der Waals surface area contributed by atoms with Crippen LogP contribution in [-0.2, 0) is 9.59 Å². The topological polar surface area (TPSA) is 46.2 Å². The van der Waals surface area contributed by atoms with Gasteiger partial charge in [-0.05, 0) is 36.0 Å². The van der Waals surface area contributed by atoms with Gasteiger partial charge in [-0.15, -0.1) is 0 Å². The lowest BCUT2D eigenvalue weighted by Crippen LogP contribution is -2.50. The van der Waals surface area contributed by atoms with Crippen LogP contribution >= 0.6 is 15.9 Å². The van der Waals surface area contributed by atoms with Crippen LogP contribution < -0.4 is 5.32 Å². The van der Waals surface area contributed by atoms with Crippen LogP contribution in [0.15, 0.2) is 28.7 Å². The number of nitrogens with one attached hydrogen (secondary N) is 1. The van der Waals surface area contributed by atoms with E-state index in [4.69, 9.17) is 0 Å². The lowest BCUT2D eigenvalue weighted by molar-refractivity contribution is -0.140. The van der Waals surface area contributed by atoms with Gasteiger partial charge in [-0.25, -0.2) is 0 Å². The van der Waals surface area contributed by atoms with Crippen molar-refractivity contribution in [1.29, 1.82) is 0 Å². The number of halogens is 1. The van der Waals surface area contributed by atoms with Crippen molar-refractivity contribution in [2.24, 2.45) is 5.41 Å². The normalized spacial score (nSPS) is 25.8. The Kier molecular flexibility index (Phi) is 5.20. The molecule has 3 nitrogen and oxygen atoms in total. The minimum Gasteiger partial charge on any atom is -0.296 e. The van der Waals surface area contributed by atoms with E-state index >= 15 is 0 Å². The lowest BCUT2D eigenvalue weighted by Gasteiger charge is -2.42. The van der Waals surface area contributed by atoms with E-state index in [1.54, 1.807) is 0 Å². The second-order valence-corrected chi connectivity index (χ2v) is 6.81. The van der Waals surface area contributed by atoms with Gasteiger partial charge in [0.15, 0.2) is 0 Å². The van der Waals surface area contributed by atoms with Crippen molar-refractivity contribution in [2.45, 2.75) is 51.9 Å². The molecule has 2 rings (SSSR count). The predicted molar refractivity (Wildman–Crippen MR) is 86.9 cm³/mol. The number of hydrogen-bond acceptors (Lipinski definition) is 2. The summed E-state index contributed by atoms with van der Waals surface area (Å²) in [5, 5.41) is 2.52. The van der Waals surface area contributed by atoms with E-state index in [-0.39, 0.29) is 23.1 Å². The van der Waals surface area contributed by atoms with E-state index in [9.17, 15) is 9.59 Å². The lowest BCUT2D eigenvalue weighted by atomic mass is 9.63. The van der Waals surface area contributed by atoms with Gasteiger partial charge in [-0.2, -0.15) is 0 Å². The van der Waals surface area contributed by atoms with Gasteiger partial charge >= 0.3 is 0 Å². The second kappa shape index (κ2) is 6.73. The molecule has 1 saturated heterocycles. The van der Waals surface area contributed by atoms with Crippen molar-refractivity contribution in [3.05, 3.63) is 34.3 Å². The standard InChI is InChI=1S/C17H22BrNO2/c1-3-5-9-17(4-2)11-14(20)19-16(21)15(17)12-7-6-8-13(18)10-12/h6-8,10,15H,3-5,9,11H2,1-2H3,(H,19,20,21). The number of hydrogen-bond donors (Lipinski definition) is 1. The molecule has 0 spiro atoms. The smallest absolute Gasteiger partial charge is 0.234 e. The van der Waals surface area contributed by atoms with Gasteiger partial charge in [0, 0.05) is 10.9 Å². The number of imide groups is 1.